The van der Waals surface area contributed by atoms with Crippen LogP contribution in [0.2, 0.25) is 0 Å². The lowest BCUT2D eigenvalue weighted by atomic mass is 9.89. The van der Waals surface area contributed by atoms with Gasteiger partial charge in [0.15, 0.2) is 0 Å². The molecule has 3 rings (SSSR count). The number of aliphatic carboxylic acids is 1. The molecule has 2 amide bonds. The van der Waals surface area contributed by atoms with E-state index in [1.165, 1.54) is 0 Å². The van der Waals surface area contributed by atoms with Crippen LogP contribution in [0.15, 0.2) is 0 Å². The van der Waals surface area contributed by atoms with E-state index in [2.05, 4.69) is 0 Å². The number of carbonyl (C=O) groups is 2. The number of nitrogens with zero attached hydrogens (tertiary/aromatic N) is 2. The molecule has 17 heavy (non-hydrogen) atoms. The van der Waals surface area contributed by atoms with E-state index in [1.54, 1.807) is 0 Å². The van der Waals surface area contributed by atoms with E-state index in [4.69, 9.17) is 5.11 Å². The van der Waals surface area contributed by atoms with Gasteiger partial charge in [-0.1, -0.05) is 0 Å². The van der Waals surface area contributed by atoms with Gasteiger partial charge in [-0.2, -0.15) is 0 Å². The molecule has 94 valence electrons. The van der Waals surface area contributed by atoms with Crippen LogP contribution in [0.5, 0.6) is 0 Å². The second kappa shape index (κ2) is 3.89. The van der Waals surface area contributed by atoms with Crippen molar-refractivity contribution in [2.75, 3.05) is 13.1 Å². The fourth-order valence-corrected chi connectivity index (χ4v) is 3.62. The van der Waals surface area contributed by atoms with Crippen LogP contribution >= 0.6 is 0 Å². The van der Waals surface area contributed by atoms with Crippen molar-refractivity contribution in [3.8, 4) is 0 Å². The van der Waals surface area contributed by atoms with E-state index in [-0.39, 0.29) is 24.0 Å². The van der Waals surface area contributed by atoms with Gasteiger partial charge in [-0.15, -0.1) is 0 Å². The van der Waals surface area contributed by atoms with Gasteiger partial charge in [0.25, 0.3) is 0 Å². The molecule has 3 aliphatic heterocycles. The summed E-state index contributed by atoms with van der Waals surface area (Å²) in [4.78, 5) is 27.2. The summed E-state index contributed by atoms with van der Waals surface area (Å²) in [7, 11) is 0. The molecule has 0 spiro atoms. The number of likely N-dealkylation sites (tertiary alicyclic amines) is 1. The van der Waals surface area contributed by atoms with Gasteiger partial charge in [0.2, 0.25) is 0 Å². The molecule has 3 aliphatic rings. The highest BCUT2D eigenvalue weighted by Crippen LogP contribution is 2.42. The molecule has 1 N–H and O–H groups in total. The molecule has 2 bridgehead atoms. The number of carboxylic acids is 1. The normalized spacial score (nSPS) is 35.6. The molecule has 5 heteroatoms. The molecule has 0 aromatic rings. The highest BCUT2D eigenvalue weighted by molar-refractivity contribution is 5.79. The first kappa shape index (κ1) is 10.9. The zero-order valence-electron chi connectivity index (χ0n) is 9.84. The summed E-state index contributed by atoms with van der Waals surface area (Å²) in [6.07, 6.45) is 4.66. The van der Waals surface area contributed by atoms with Crippen molar-refractivity contribution in [3.05, 3.63) is 0 Å². The number of rotatable bonds is 1. The van der Waals surface area contributed by atoms with Gasteiger partial charge in [0.1, 0.15) is 0 Å². The van der Waals surface area contributed by atoms with Crippen LogP contribution in [-0.4, -0.2) is 52.1 Å². The Hall–Kier alpha value is -1.26. The molecular weight excluding hydrogens is 220 g/mol. The van der Waals surface area contributed by atoms with Gasteiger partial charge in [0.05, 0.1) is 5.92 Å². The SMILES string of the molecule is O=C(O)C1CC2CCC1N2C(=O)N1CCCC1. The Morgan fingerprint density at radius 2 is 1.82 bits per heavy atom. The monoisotopic (exact) mass is 238 g/mol. The Labute approximate surface area is 100 Å². The van der Waals surface area contributed by atoms with Crippen LogP contribution < -0.4 is 0 Å². The predicted octanol–water partition coefficient (Wildman–Crippen LogP) is 1.14. The Morgan fingerprint density at radius 3 is 2.41 bits per heavy atom. The molecule has 5 nitrogen and oxygen atoms in total. The number of urea groups is 1. The van der Waals surface area contributed by atoms with Gasteiger partial charge in [-0.3, -0.25) is 4.79 Å². The van der Waals surface area contributed by atoms with Crippen molar-refractivity contribution in [1.82, 2.24) is 9.80 Å². The van der Waals surface area contributed by atoms with Crippen LogP contribution in [0.4, 0.5) is 4.79 Å². The van der Waals surface area contributed by atoms with Crippen molar-refractivity contribution in [3.63, 3.8) is 0 Å². The largest absolute Gasteiger partial charge is 0.481 e. The zero-order chi connectivity index (χ0) is 12.0. The van der Waals surface area contributed by atoms with Crippen molar-refractivity contribution < 1.29 is 14.7 Å². The molecule has 0 aromatic heterocycles. The van der Waals surface area contributed by atoms with E-state index in [0.717, 1.165) is 38.8 Å². The summed E-state index contributed by atoms with van der Waals surface area (Å²) in [5.74, 6) is -1.07. The average molecular weight is 238 g/mol. The second-order valence-corrected chi connectivity index (χ2v) is 5.36. The molecule has 0 radical (unpaired) electrons. The lowest BCUT2D eigenvalue weighted by Gasteiger charge is -2.28. The minimum atomic E-state index is -0.739. The van der Waals surface area contributed by atoms with Crippen molar-refractivity contribution in [2.45, 2.75) is 44.2 Å². The molecule has 0 aromatic carbocycles. The third-order valence-electron chi connectivity index (χ3n) is 4.45. The number of fused-ring (bicyclic) bond motifs is 2. The summed E-state index contributed by atoms with van der Waals surface area (Å²) >= 11 is 0. The number of hydrogen-bond donors (Lipinski definition) is 1. The Bertz CT molecular complexity index is 352. The minimum absolute atomic E-state index is 0.0504. The van der Waals surface area contributed by atoms with E-state index in [0.29, 0.717) is 6.42 Å². The van der Waals surface area contributed by atoms with Crippen LogP contribution in [0.25, 0.3) is 0 Å². The lowest BCUT2D eigenvalue weighted by Crippen LogP contribution is -2.45. The number of carbonyl (C=O) groups excluding carboxylic acids is 1. The molecule has 3 fully saturated rings. The Balaban J connectivity index is 1.76. The van der Waals surface area contributed by atoms with E-state index in [1.807, 2.05) is 9.80 Å². The van der Waals surface area contributed by atoms with Crippen LogP contribution in [-0.2, 0) is 4.79 Å². The molecule has 3 saturated heterocycles. The third kappa shape index (κ3) is 1.59. The van der Waals surface area contributed by atoms with Gasteiger partial charge in [-0.05, 0) is 32.1 Å². The van der Waals surface area contributed by atoms with Gasteiger partial charge < -0.3 is 14.9 Å². The maximum Gasteiger partial charge on any atom is 0.320 e. The predicted molar refractivity (Wildman–Crippen MR) is 60.6 cm³/mol. The maximum atomic E-state index is 12.3. The Kier molecular flexibility index (Phi) is 2.49. The molecule has 3 heterocycles. The number of amides is 2. The van der Waals surface area contributed by atoms with Crippen LogP contribution in [0.3, 0.4) is 0 Å². The zero-order valence-corrected chi connectivity index (χ0v) is 9.84. The summed E-state index contributed by atoms with van der Waals surface area (Å²) in [5.41, 5.74) is 0. The van der Waals surface area contributed by atoms with Crippen LogP contribution in [0, 0.1) is 5.92 Å². The molecule has 0 aliphatic carbocycles. The Morgan fingerprint density at radius 1 is 1.12 bits per heavy atom. The maximum absolute atomic E-state index is 12.3. The van der Waals surface area contributed by atoms with Crippen molar-refractivity contribution in [1.29, 1.82) is 0 Å². The standard InChI is InChI=1S/C12H18N2O3/c15-11(16)9-7-8-3-4-10(9)14(8)12(17)13-5-1-2-6-13/h8-10H,1-7H2,(H,15,16). The van der Waals surface area contributed by atoms with E-state index in [9.17, 15) is 9.59 Å². The first-order chi connectivity index (χ1) is 8.18. The number of hydrogen-bond acceptors (Lipinski definition) is 2. The first-order valence-corrected chi connectivity index (χ1v) is 6.48. The van der Waals surface area contributed by atoms with E-state index < -0.39 is 5.97 Å². The second-order valence-electron chi connectivity index (χ2n) is 5.36. The average Bonchev–Trinajstić information content (AvgIpc) is 3.03. The fraction of sp³-hybridized carbons (Fsp3) is 0.833. The van der Waals surface area contributed by atoms with Crippen molar-refractivity contribution >= 4 is 12.0 Å². The first-order valence-electron chi connectivity index (χ1n) is 6.48. The fourth-order valence-electron chi connectivity index (χ4n) is 3.62. The quantitative estimate of drug-likeness (QED) is 0.745. The summed E-state index contributed by atoms with van der Waals surface area (Å²) < 4.78 is 0. The highest BCUT2D eigenvalue weighted by atomic mass is 16.4. The van der Waals surface area contributed by atoms with Gasteiger partial charge >= 0.3 is 12.0 Å². The lowest BCUT2D eigenvalue weighted by molar-refractivity contribution is -0.142. The molecular formula is C12H18N2O3. The summed E-state index contributed by atoms with van der Waals surface area (Å²) in [5, 5.41) is 9.15. The smallest absolute Gasteiger partial charge is 0.320 e. The van der Waals surface area contributed by atoms with E-state index >= 15 is 0 Å². The summed E-state index contributed by atoms with van der Waals surface area (Å²) in [6, 6.07) is 0.207. The summed E-state index contributed by atoms with van der Waals surface area (Å²) in [6.45, 7) is 1.68. The van der Waals surface area contributed by atoms with Gasteiger partial charge in [-0.25, -0.2) is 4.79 Å². The topological polar surface area (TPSA) is 60.9 Å². The van der Waals surface area contributed by atoms with Crippen LogP contribution in [0.1, 0.15) is 32.1 Å². The molecule has 3 atom stereocenters. The van der Waals surface area contributed by atoms with Gasteiger partial charge in [0, 0.05) is 25.2 Å². The third-order valence-corrected chi connectivity index (χ3v) is 4.45. The molecule has 0 saturated carbocycles. The molecule has 3 unspecified atom stereocenters. The number of carboxylic acid groups (broad SMARTS) is 1. The minimum Gasteiger partial charge on any atom is -0.481 e. The van der Waals surface area contributed by atoms with Crippen molar-refractivity contribution in [2.24, 2.45) is 5.92 Å². The highest BCUT2D eigenvalue weighted by Gasteiger charge is 2.52.